The van der Waals surface area contributed by atoms with Crippen molar-refractivity contribution >= 4 is 40.5 Å². The van der Waals surface area contributed by atoms with Crippen LogP contribution in [0.25, 0.3) is 11.1 Å². The maximum Gasteiger partial charge on any atom is 0.407 e. The molecule has 0 saturated heterocycles. The Bertz CT molecular complexity index is 1470. The summed E-state index contributed by atoms with van der Waals surface area (Å²) in [6.45, 7) is 8.80. The third-order valence-corrected chi connectivity index (χ3v) is 7.52. The van der Waals surface area contributed by atoms with E-state index in [4.69, 9.17) is 9.15 Å². The molecule has 0 fully saturated rings. The quantitative estimate of drug-likeness (QED) is 0.196. The van der Waals surface area contributed by atoms with Crippen LogP contribution < -0.4 is 10.2 Å². The summed E-state index contributed by atoms with van der Waals surface area (Å²) >= 11 is 1.39. The number of nitrogens with zero attached hydrogens (tertiary/aromatic N) is 4. The Labute approximate surface area is 249 Å². The highest BCUT2D eigenvalue weighted by Gasteiger charge is 2.27. The predicted octanol–water partition coefficient (Wildman–Crippen LogP) is 5.05. The van der Waals surface area contributed by atoms with E-state index in [1.54, 1.807) is 29.9 Å². The fraction of sp³-hybridized carbons (Fsp3) is 0.355. The van der Waals surface area contributed by atoms with E-state index in [-0.39, 0.29) is 25.6 Å². The third-order valence-electron chi connectivity index (χ3n) is 6.76. The van der Waals surface area contributed by atoms with E-state index in [0.717, 1.165) is 22.6 Å². The van der Waals surface area contributed by atoms with Gasteiger partial charge in [0, 0.05) is 38.4 Å². The lowest BCUT2D eigenvalue weighted by Gasteiger charge is -2.30. The molecule has 2 heterocycles. The smallest absolute Gasteiger partial charge is 0.407 e. The number of fused-ring (bicyclic) bond motifs is 1. The van der Waals surface area contributed by atoms with Crippen molar-refractivity contribution in [3.63, 3.8) is 0 Å². The molecule has 0 radical (unpaired) electrons. The van der Waals surface area contributed by atoms with Gasteiger partial charge in [0.15, 0.2) is 5.58 Å². The Morgan fingerprint density at radius 2 is 2.00 bits per heavy atom. The Morgan fingerprint density at radius 1 is 1.21 bits per heavy atom. The van der Waals surface area contributed by atoms with Crippen LogP contribution in [0.3, 0.4) is 0 Å². The van der Waals surface area contributed by atoms with Crippen molar-refractivity contribution in [2.24, 2.45) is 0 Å². The molecule has 0 bridgehead atoms. The minimum atomic E-state index is -1.08. The number of ether oxygens (including phenoxy) is 1. The lowest BCUT2D eigenvalue weighted by atomic mass is 10.0. The summed E-state index contributed by atoms with van der Waals surface area (Å²) < 4.78 is 11.2. The number of rotatable bonds is 14. The molecule has 0 saturated carbocycles. The van der Waals surface area contributed by atoms with Crippen LogP contribution in [-0.2, 0) is 17.8 Å². The molecular weight excluding hydrogens is 554 g/mol. The topological polar surface area (TPSA) is 121 Å². The van der Waals surface area contributed by atoms with Crippen LogP contribution in [0.4, 0.5) is 10.8 Å². The number of oxazole rings is 1. The van der Waals surface area contributed by atoms with Gasteiger partial charge in [-0.15, -0.1) is 11.3 Å². The van der Waals surface area contributed by atoms with Crippen molar-refractivity contribution in [2.45, 2.75) is 45.4 Å². The van der Waals surface area contributed by atoms with Crippen molar-refractivity contribution in [1.82, 2.24) is 20.2 Å². The van der Waals surface area contributed by atoms with E-state index in [0.29, 0.717) is 35.5 Å². The molecule has 0 aliphatic heterocycles. The van der Waals surface area contributed by atoms with Gasteiger partial charge in [-0.1, -0.05) is 42.5 Å². The number of alkyl carbamates (subject to hydrolysis) is 1. The molecule has 4 rings (SSSR count). The number of nitrogens with one attached hydrogen (secondary N) is 1. The number of carbonyl (C=O) groups is 2. The fourth-order valence-electron chi connectivity index (χ4n) is 4.40. The van der Waals surface area contributed by atoms with E-state index in [9.17, 15) is 14.7 Å². The highest BCUT2D eigenvalue weighted by Crippen LogP contribution is 2.23. The van der Waals surface area contributed by atoms with Gasteiger partial charge in [0.1, 0.15) is 12.1 Å². The maximum absolute atomic E-state index is 13.7. The van der Waals surface area contributed by atoms with Crippen molar-refractivity contribution in [1.29, 1.82) is 0 Å². The maximum atomic E-state index is 13.7. The summed E-state index contributed by atoms with van der Waals surface area (Å²) in [7, 11) is 1.88. The molecule has 2 N–H and O–H groups in total. The van der Waals surface area contributed by atoms with Crippen LogP contribution in [-0.4, -0.2) is 70.8 Å². The molecule has 2 aromatic heterocycles. The van der Waals surface area contributed by atoms with Crippen LogP contribution in [0.5, 0.6) is 0 Å². The van der Waals surface area contributed by atoms with Crippen molar-refractivity contribution in [2.75, 3.05) is 31.6 Å². The zero-order chi connectivity index (χ0) is 30.1. The van der Waals surface area contributed by atoms with Gasteiger partial charge in [-0.25, -0.2) is 4.79 Å². The first-order valence-corrected chi connectivity index (χ1v) is 14.7. The molecule has 222 valence electrons. The third kappa shape index (κ3) is 8.40. The zero-order valence-electron chi connectivity index (χ0n) is 24.2. The van der Waals surface area contributed by atoms with E-state index in [1.165, 1.54) is 16.2 Å². The first-order chi connectivity index (χ1) is 20.2. The zero-order valence-corrected chi connectivity index (χ0v) is 25.0. The molecule has 0 spiro atoms. The fourth-order valence-corrected chi connectivity index (χ4v) is 4.90. The van der Waals surface area contributed by atoms with Gasteiger partial charge in [-0.2, -0.15) is 4.98 Å². The van der Waals surface area contributed by atoms with Gasteiger partial charge in [0.2, 0.25) is 0 Å². The Balaban J connectivity index is 1.50. The first kappa shape index (κ1) is 30.7. The van der Waals surface area contributed by atoms with E-state index in [2.05, 4.69) is 21.9 Å². The summed E-state index contributed by atoms with van der Waals surface area (Å²) in [5.74, 6) is -0.296. The van der Waals surface area contributed by atoms with E-state index < -0.39 is 18.2 Å². The second kappa shape index (κ2) is 14.6. The number of anilines is 1. The van der Waals surface area contributed by atoms with Crippen LogP contribution in [0.2, 0.25) is 0 Å². The number of aromatic nitrogens is 2. The molecule has 0 aliphatic carbocycles. The second-order valence-electron chi connectivity index (χ2n) is 10.2. The van der Waals surface area contributed by atoms with Gasteiger partial charge >= 0.3 is 6.09 Å². The standard InChI is InChI=1S/C31H37N5O5S/c1-5-35(4)30-33-26-14-12-23(15-28(26)41-30)29(38)36(17-21(2)3)18-27(37)25(13-11-22-9-7-6-8-10-22)34-31(39)40-19-24-16-32-20-42-24/h6-10,12,14-16,20,25,27,37H,2,5,11,13,17-19H2,1,3-4H3,(H,34,39)/t25-,27+/m0/s1. The van der Waals surface area contributed by atoms with Crippen molar-refractivity contribution in [3.8, 4) is 0 Å². The highest BCUT2D eigenvalue weighted by molar-refractivity contribution is 7.09. The van der Waals surface area contributed by atoms with Crippen molar-refractivity contribution < 1.29 is 23.8 Å². The number of carbonyl (C=O) groups excluding carboxylic acids is 2. The Hall–Kier alpha value is -4.22. The molecule has 2 amide bonds. The van der Waals surface area contributed by atoms with Gasteiger partial charge in [-0.05, 0) is 50.5 Å². The summed E-state index contributed by atoms with van der Waals surface area (Å²) in [5.41, 5.74) is 5.03. The average Bonchev–Trinajstić information content (AvgIpc) is 3.67. The SMILES string of the molecule is C=C(C)CN(C[C@@H](O)[C@H](CCc1ccccc1)NC(=O)OCc1cncs1)C(=O)c1ccc2nc(N(C)CC)oc2c1. The average molecular weight is 592 g/mol. The monoisotopic (exact) mass is 591 g/mol. The number of aliphatic hydroxyl groups is 1. The number of hydrogen-bond donors (Lipinski definition) is 2. The molecule has 0 aliphatic rings. The van der Waals surface area contributed by atoms with E-state index in [1.807, 2.05) is 56.1 Å². The number of benzene rings is 2. The summed E-state index contributed by atoms with van der Waals surface area (Å²) in [5, 5.41) is 14.2. The number of amides is 2. The van der Waals surface area contributed by atoms with Gasteiger partial charge in [0.05, 0.1) is 22.5 Å². The van der Waals surface area contributed by atoms with Gasteiger partial charge in [-0.3, -0.25) is 9.78 Å². The molecular formula is C31H37N5O5S. The van der Waals surface area contributed by atoms with Gasteiger partial charge < -0.3 is 29.4 Å². The predicted molar refractivity (Wildman–Crippen MR) is 164 cm³/mol. The number of aliphatic hydroxyl groups excluding tert-OH is 1. The largest absolute Gasteiger partial charge is 0.444 e. The molecule has 4 aromatic rings. The first-order valence-electron chi connectivity index (χ1n) is 13.8. The molecule has 42 heavy (non-hydrogen) atoms. The van der Waals surface area contributed by atoms with E-state index >= 15 is 0 Å². The molecule has 10 nitrogen and oxygen atoms in total. The van der Waals surface area contributed by atoms with Crippen LogP contribution >= 0.6 is 11.3 Å². The van der Waals surface area contributed by atoms with Crippen molar-refractivity contribution in [3.05, 3.63) is 88.4 Å². The van der Waals surface area contributed by atoms with Crippen LogP contribution in [0, 0.1) is 0 Å². The number of hydrogen-bond acceptors (Lipinski definition) is 9. The number of aryl methyl sites for hydroxylation is 1. The Kier molecular flexibility index (Phi) is 10.7. The summed E-state index contributed by atoms with van der Waals surface area (Å²) in [6, 6.07) is 14.7. The Morgan fingerprint density at radius 3 is 2.69 bits per heavy atom. The minimum Gasteiger partial charge on any atom is -0.444 e. The lowest BCUT2D eigenvalue weighted by molar-refractivity contribution is 0.0532. The minimum absolute atomic E-state index is 0.0292. The second-order valence-corrected chi connectivity index (χ2v) is 11.2. The molecule has 0 unspecified atom stereocenters. The summed E-state index contributed by atoms with van der Waals surface area (Å²) in [4.78, 5) is 39.1. The van der Waals surface area contributed by atoms with Gasteiger partial charge in [0.25, 0.3) is 11.9 Å². The normalized spacial score (nSPS) is 12.5. The molecule has 2 aromatic carbocycles. The molecule has 11 heteroatoms. The number of thiazole rings is 1. The summed E-state index contributed by atoms with van der Waals surface area (Å²) in [6.07, 6.45) is 0.963. The lowest BCUT2D eigenvalue weighted by Crippen LogP contribution is -2.50. The van der Waals surface area contributed by atoms with Crippen LogP contribution in [0.15, 0.2) is 76.8 Å². The highest BCUT2D eigenvalue weighted by atomic mass is 32.1. The van der Waals surface area contributed by atoms with Crippen LogP contribution in [0.1, 0.15) is 41.1 Å². The molecule has 2 atom stereocenters.